The molecule has 0 aromatic heterocycles. The summed E-state index contributed by atoms with van der Waals surface area (Å²) in [5.74, 6) is -1.31. The van der Waals surface area contributed by atoms with Crippen LogP contribution in [-0.2, 0) is 22.6 Å². The van der Waals surface area contributed by atoms with Gasteiger partial charge in [0, 0.05) is 18.7 Å². The van der Waals surface area contributed by atoms with Crippen LogP contribution in [0.25, 0.3) is 0 Å². The second kappa shape index (κ2) is 7.83. The lowest BCUT2D eigenvalue weighted by Crippen LogP contribution is -2.38. The number of hydrogen-bond acceptors (Lipinski definition) is 6. The van der Waals surface area contributed by atoms with Crippen molar-refractivity contribution in [2.45, 2.75) is 19.0 Å². The first kappa shape index (κ1) is 18.3. The Bertz CT molecular complexity index is 885. The van der Waals surface area contributed by atoms with Gasteiger partial charge in [-0.2, -0.15) is 0 Å². The van der Waals surface area contributed by atoms with Gasteiger partial charge in [0.15, 0.2) is 0 Å². The maximum absolute atomic E-state index is 11.6. The minimum atomic E-state index is -1.01. The largest absolute Gasteiger partial charge is 0.480 e. The smallest absolute Gasteiger partial charge is 0.321 e. The zero-order valence-electron chi connectivity index (χ0n) is 14.3. The van der Waals surface area contributed by atoms with E-state index in [1.54, 1.807) is 0 Å². The maximum atomic E-state index is 11.6. The number of rotatable bonds is 7. The van der Waals surface area contributed by atoms with E-state index in [4.69, 9.17) is 0 Å². The molecule has 9 heteroatoms. The molecule has 1 aliphatic rings. The number of nitrogens with zero attached hydrogens (tertiary/aromatic N) is 1. The van der Waals surface area contributed by atoms with Gasteiger partial charge < -0.3 is 15.7 Å². The molecule has 140 valence electrons. The fourth-order valence-electron chi connectivity index (χ4n) is 2.93. The Balaban J connectivity index is 1.82. The minimum Gasteiger partial charge on any atom is -0.480 e. The first-order valence-corrected chi connectivity index (χ1v) is 8.29. The summed E-state index contributed by atoms with van der Waals surface area (Å²) >= 11 is 0. The molecule has 0 saturated carbocycles. The number of hydrogen-bond donors (Lipinski definition) is 4. The van der Waals surface area contributed by atoms with E-state index in [0.29, 0.717) is 16.9 Å². The summed E-state index contributed by atoms with van der Waals surface area (Å²) in [6, 6.07) is 11.0. The second-order valence-electron chi connectivity index (χ2n) is 6.15. The van der Waals surface area contributed by atoms with E-state index in [1.165, 1.54) is 12.1 Å². The van der Waals surface area contributed by atoms with Crippen molar-refractivity contribution >= 4 is 28.9 Å². The van der Waals surface area contributed by atoms with E-state index in [9.17, 15) is 24.8 Å². The highest BCUT2D eigenvalue weighted by Gasteiger charge is 2.24. The molecule has 4 N–H and O–H groups in total. The van der Waals surface area contributed by atoms with E-state index in [-0.39, 0.29) is 31.1 Å². The lowest BCUT2D eigenvalue weighted by Gasteiger charge is -2.23. The van der Waals surface area contributed by atoms with Crippen molar-refractivity contribution in [2.24, 2.45) is 0 Å². The molecule has 0 spiro atoms. The number of amides is 1. The molecule has 0 bridgehead atoms. The molecule has 2 aromatic rings. The topological polar surface area (TPSA) is 134 Å². The van der Waals surface area contributed by atoms with Gasteiger partial charge in [0.05, 0.1) is 22.8 Å². The van der Waals surface area contributed by atoms with Crippen LogP contribution in [0.3, 0.4) is 0 Å². The van der Waals surface area contributed by atoms with Gasteiger partial charge >= 0.3 is 5.97 Å². The van der Waals surface area contributed by atoms with Gasteiger partial charge in [-0.25, -0.2) is 0 Å². The molecular weight excluding hydrogens is 352 g/mol. The van der Waals surface area contributed by atoms with Crippen molar-refractivity contribution in [3.63, 3.8) is 0 Å². The monoisotopic (exact) mass is 370 g/mol. The van der Waals surface area contributed by atoms with E-state index >= 15 is 0 Å². The summed E-state index contributed by atoms with van der Waals surface area (Å²) in [5.41, 5.74) is 2.07. The van der Waals surface area contributed by atoms with Crippen molar-refractivity contribution in [3.8, 4) is 0 Å². The number of carbonyl (C=O) groups excluding carboxylic acids is 1. The number of nitrogens with one attached hydrogen (secondary N) is 3. The van der Waals surface area contributed by atoms with Crippen molar-refractivity contribution in [1.29, 1.82) is 0 Å². The number of aliphatic carboxylic acids is 1. The zero-order valence-corrected chi connectivity index (χ0v) is 14.3. The number of non-ortho nitro benzene ring substituents is 1. The van der Waals surface area contributed by atoms with Crippen LogP contribution in [0.4, 0.5) is 17.1 Å². The third kappa shape index (κ3) is 4.39. The van der Waals surface area contributed by atoms with Crippen LogP contribution in [0.5, 0.6) is 0 Å². The summed E-state index contributed by atoms with van der Waals surface area (Å²) in [6.45, 7) is 0.140. The quantitative estimate of drug-likeness (QED) is 0.431. The average molecular weight is 370 g/mol. The third-order valence-corrected chi connectivity index (χ3v) is 4.24. The number of carbonyl (C=O) groups is 2. The molecule has 27 heavy (non-hydrogen) atoms. The number of nitro benzene ring substituents is 1. The van der Waals surface area contributed by atoms with Gasteiger partial charge in [-0.05, 0) is 17.5 Å². The predicted molar refractivity (Wildman–Crippen MR) is 98.6 cm³/mol. The molecule has 1 aliphatic heterocycles. The Morgan fingerprint density at radius 1 is 1.30 bits per heavy atom. The van der Waals surface area contributed by atoms with Crippen LogP contribution < -0.4 is 16.0 Å². The van der Waals surface area contributed by atoms with E-state index in [0.717, 1.165) is 5.56 Å². The zero-order chi connectivity index (χ0) is 19.4. The van der Waals surface area contributed by atoms with Crippen LogP contribution in [0, 0.1) is 10.1 Å². The van der Waals surface area contributed by atoms with Crippen LogP contribution in [0.15, 0.2) is 42.5 Å². The highest BCUT2D eigenvalue weighted by atomic mass is 16.6. The summed E-state index contributed by atoms with van der Waals surface area (Å²) in [6.07, 6.45) is 0.275. The Morgan fingerprint density at radius 2 is 2.04 bits per heavy atom. The number of benzene rings is 2. The third-order valence-electron chi connectivity index (χ3n) is 4.24. The summed E-state index contributed by atoms with van der Waals surface area (Å²) < 4.78 is 0. The maximum Gasteiger partial charge on any atom is 0.321 e. The fourth-order valence-corrected chi connectivity index (χ4v) is 2.93. The molecular formula is C18H18N4O5. The van der Waals surface area contributed by atoms with Crippen molar-refractivity contribution < 1.29 is 19.6 Å². The summed E-state index contributed by atoms with van der Waals surface area (Å²) in [4.78, 5) is 33.7. The minimum absolute atomic E-state index is 0.0458. The lowest BCUT2D eigenvalue weighted by molar-refractivity contribution is -0.384. The number of carboxylic acids is 1. The average Bonchev–Trinajstić information content (AvgIpc) is 2.64. The number of fused-ring (bicyclic) bond motifs is 1. The highest BCUT2D eigenvalue weighted by molar-refractivity contribution is 6.01. The first-order chi connectivity index (χ1) is 12.9. The summed E-state index contributed by atoms with van der Waals surface area (Å²) in [5, 5.41) is 29.1. The van der Waals surface area contributed by atoms with E-state index in [2.05, 4.69) is 16.0 Å². The predicted octanol–water partition coefficient (Wildman–Crippen LogP) is 1.74. The van der Waals surface area contributed by atoms with E-state index < -0.39 is 16.9 Å². The van der Waals surface area contributed by atoms with Crippen molar-refractivity contribution in [1.82, 2.24) is 5.32 Å². The molecule has 9 nitrogen and oxygen atoms in total. The molecule has 0 saturated heterocycles. The van der Waals surface area contributed by atoms with Gasteiger partial charge in [0.2, 0.25) is 5.91 Å². The van der Waals surface area contributed by atoms with Crippen LogP contribution in [0.2, 0.25) is 0 Å². The van der Waals surface area contributed by atoms with E-state index in [1.807, 2.05) is 30.3 Å². The first-order valence-electron chi connectivity index (χ1n) is 8.29. The van der Waals surface area contributed by atoms with Gasteiger partial charge in [-0.1, -0.05) is 30.3 Å². The molecule has 1 unspecified atom stereocenters. The van der Waals surface area contributed by atoms with Crippen molar-refractivity contribution in [3.05, 3.63) is 63.7 Å². The number of anilines is 2. The Hall–Kier alpha value is -3.46. The fraction of sp³-hybridized carbons (Fsp3) is 0.222. The molecule has 1 amide bonds. The van der Waals surface area contributed by atoms with Crippen LogP contribution >= 0.6 is 0 Å². The normalized spacial score (nSPS) is 13.9. The standard InChI is InChI=1S/C18H18N4O5/c23-16-10-20-17-12(7-13(22(26)27)8-14(17)21-16)9-19-15(18(24)25)6-11-4-2-1-3-5-11/h1-5,7-8,15,19-20H,6,9-10H2,(H,21,23)(H,24,25). The molecule has 0 fully saturated rings. The SMILES string of the molecule is O=C1CNc2c(CNC(Cc3ccccc3)C(=O)O)cc([N+](=O)[O-])cc2N1. The molecule has 1 heterocycles. The van der Waals surface area contributed by atoms with Gasteiger partial charge in [0.25, 0.3) is 5.69 Å². The second-order valence-corrected chi connectivity index (χ2v) is 6.15. The summed E-state index contributed by atoms with van der Waals surface area (Å²) in [7, 11) is 0. The van der Waals surface area contributed by atoms with Crippen molar-refractivity contribution in [2.75, 3.05) is 17.2 Å². The molecule has 0 radical (unpaired) electrons. The van der Waals surface area contributed by atoms with Gasteiger partial charge in [-0.3, -0.25) is 25.0 Å². The molecule has 1 atom stereocenters. The van der Waals surface area contributed by atoms with Gasteiger partial charge in [0.1, 0.15) is 6.04 Å². The van der Waals surface area contributed by atoms with Gasteiger partial charge in [-0.15, -0.1) is 0 Å². The van der Waals surface area contributed by atoms with Crippen LogP contribution in [-0.4, -0.2) is 34.5 Å². The number of nitro groups is 1. The number of carboxylic acid groups (broad SMARTS) is 1. The lowest BCUT2D eigenvalue weighted by atomic mass is 10.0. The molecule has 2 aromatic carbocycles. The Morgan fingerprint density at radius 3 is 2.70 bits per heavy atom. The Kier molecular flexibility index (Phi) is 5.32. The van der Waals surface area contributed by atoms with Crippen LogP contribution in [0.1, 0.15) is 11.1 Å². The highest BCUT2D eigenvalue weighted by Crippen LogP contribution is 2.33. The molecule has 3 rings (SSSR count). The Labute approximate surface area is 154 Å². The molecule has 0 aliphatic carbocycles.